The molecule has 0 radical (unpaired) electrons. The van der Waals surface area contributed by atoms with E-state index in [0.29, 0.717) is 40.2 Å². The Hall–Kier alpha value is -3.04. The number of thiazole rings is 1. The van der Waals surface area contributed by atoms with Crippen molar-refractivity contribution in [2.45, 2.75) is 13.5 Å². The molecule has 1 amide bonds. The van der Waals surface area contributed by atoms with Crippen LogP contribution < -0.4 is 10.1 Å². The van der Waals surface area contributed by atoms with Gasteiger partial charge >= 0.3 is 0 Å². The highest BCUT2D eigenvalue weighted by molar-refractivity contribution is 7.71. The summed E-state index contributed by atoms with van der Waals surface area (Å²) in [6, 6.07) is 6.88. The molecule has 2 heterocycles. The number of nitrogens with one attached hydrogen (secondary N) is 2. The van der Waals surface area contributed by atoms with Crippen molar-refractivity contribution in [3.63, 3.8) is 0 Å². The van der Waals surface area contributed by atoms with Crippen LogP contribution in [-0.2, 0) is 6.54 Å². The van der Waals surface area contributed by atoms with Gasteiger partial charge in [0.05, 0.1) is 10.6 Å². The van der Waals surface area contributed by atoms with E-state index in [1.807, 2.05) is 11.5 Å². The first kappa shape index (κ1) is 19.7. The summed E-state index contributed by atoms with van der Waals surface area (Å²) in [4.78, 5) is 17.8. The van der Waals surface area contributed by atoms with Crippen molar-refractivity contribution in [1.82, 2.24) is 19.7 Å². The molecule has 3 aromatic rings. The number of aryl methyl sites for hydroxylation is 1. The zero-order valence-electron chi connectivity index (χ0n) is 15.3. The second-order valence-electron chi connectivity index (χ2n) is 5.76. The van der Waals surface area contributed by atoms with Crippen molar-refractivity contribution in [3.8, 4) is 16.5 Å². The second-order valence-corrected chi connectivity index (χ2v) is 7.15. The topological polar surface area (TPSA) is 84.8 Å². The molecule has 2 aromatic heterocycles. The van der Waals surface area contributed by atoms with Crippen LogP contribution in [0.15, 0.2) is 49.6 Å². The first-order valence-corrected chi connectivity index (χ1v) is 9.65. The molecule has 28 heavy (non-hydrogen) atoms. The summed E-state index contributed by atoms with van der Waals surface area (Å²) in [5, 5.41) is 10.4. The van der Waals surface area contributed by atoms with Gasteiger partial charge in [-0.2, -0.15) is 5.10 Å². The molecule has 2 N–H and O–H groups in total. The van der Waals surface area contributed by atoms with Crippen molar-refractivity contribution >= 4 is 34.6 Å². The lowest BCUT2D eigenvalue weighted by atomic mass is 10.2. The predicted molar refractivity (Wildman–Crippen MR) is 114 cm³/mol. The van der Waals surface area contributed by atoms with Gasteiger partial charge in [-0.1, -0.05) is 30.1 Å². The normalized spacial score (nSPS) is 10.5. The largest absolute Gasteiger partial charge is 0.490 e. The van der Waals surface area contributed by atoms with Crippen LogP contribution in [0.1, 0.15) is 16.1 Å². The summed E-state index contributed by atoms with van der Waals surface area (Å²) in [6.07, 6.45) is 3.41. The Balaban J connectivity index is 1.78. The summed E-state index contributed by atoms with van der Waals surface area (Å²) >= 11 is 6.60. The Kier molecular flexibility index (Phi) is 6.17. The monoisotopic (exact) mass is 413 g/mol. The third-order valence-corrected chi connectivity index (χ3v) is 5.15. The smallest absolute Gasteiger partial charge is 0.257 e. The standard InChI is InChI=1S/C19H19N5O2S2/c1-4-10-24-16(22-23-19(24)27)15-12(3)20-18(28-15)21-17(25)13-6-8-14(9-7-13)26-11-5-2/h4-9H,1-2,10-11H2,3H3,(H,23,27)(H,20,21,25). The van der Waals surface area contributed by atoms with Crippen molar-refractivity contribution < 1.29 is 9.53 Å². The van der Waals surface area contributed by atoms with Crippen LogP contribution in [0.5, 0.6) is 5.75 Å². The molecule has 0 fully saturated rings. The van der Waals surface area contributed by atoms with Gasteiger partial charge in [0.2, 0.25) is 0 Å². The Morgan fingerprint density at radius 1 is 1.36 bits per heavy atom. The molecule has 0 unspecified atom stereocenters. The van der Waals surface area contributed by atoms with Crippen molar-refractivity contribution in [1.29, 1.82) is 0 Å². The molecule has 0 aliphatic rings. The number of ether oxygens (including phenoxy) is 1. The van der Waals surface area contributed by atoms with E-state index >= 15 is 0 Å². The summed E-state index contributed by atoms with van der Waals surface area (Å²) in [7, 11) is 0. The first-order chi connectivity index (χ1) is 13.5. The molecular weight excluding hydrogens is 394 g/mol. The number of carbonyl (C=O) groups excluding carboxylic acids is 1. The summed E-state index contributed by atoms with van der Waals surface area (Å²) < 4.78 is 7.76. The van der Waals surface area contributed by atoms with E-state index in [9.17, 15) is 4.79 Å². The van der Waals surface area contributed by atoms with E-state index in [2.05, 4.69) is 33.7 Å². The van der Waals surface area contributed by atoms with Gasteiger partial charge < -0.3 is 4.74 Å². The number of amides is 1. The molecule has 0 saturated carbocycles. The Morgan fingerprint density at radius 2 is 2.11 bits per heavy atom. The maximum Gasteiger partial charge on any atom is 0.257 e. The average Bonchev–Trinajstić information content (AvgIpc) is 3.23. The number of anilines is 1. The van der Waals surface area contributed by atoms with E-state index in [4.69, 9.17) is 17.0 Å². The number of H-pyrrole nitrogens is 1. The molecule has 0 spiro atoms. The van der Waals surface area contributed by atoms with Crippen LogP contribution >= 0.6 is 23.6 Å². The molecule has 0 aliphatic carbocycles. The van der Waals surface area contributed by atoms with Gasteiger partial charge in [0, 0.05) is 12.1 Å². The van der Waals surface area contributed by atoms with Gasteiger partial charge in [-0.3, -0.25) is 19.8 Å². The second kappa shape index (κ2) is 8.77. The number of carbonyl (C=O) groups is 1. The van der Waals surface area contributed by atoms with E-state index in [0.717, 1.165) is 10.6 Å². The zero-order valence-corrected chi connectivity index (χ0v) is 16.9. The fourth-order valence-electron chi connectivity index (χ4n) is 2.47. The summed E-state index contributed by atoms with van der Waals surface area (Å²) in [6.45, 7) is 10.2. The van der Waals surface area contributed by atoms with Crippen molar-refractivity contribution in [3.05, 3.63) is 65.6 Å². The molecule has 7 nitrogen and oxygen atoms in total. The molecule has 3 rings (SSSR count). The first-order valence-electron chi connectivity index (χ1n) is 8.42. The molecule has 0 bridgehead atoms. The quantitative estimate of drug-likeness (QED) is 0.423. The number of rotatable bonds is 8. The lowest BCUT2D eigenvalue weighted by molar-refractivity contribution is 0.102. The Bertz CT molecular complexity index is 1060. The maximum atomic E-state index is 12.5. The van der Waals surface area contributed by atoms with Crippen LogP contribution in [0.2, 0.25) is 0 Å². The van der Waals surface area contributed by atoms with E-state index < -0.39 is 0 Å². The van der Waals surface area contributed by atoms with Crippen molar-refractivity contribution in [2.24, 2.45) is 0 Å². The number of hydrogen-bond donors (Lipinski definition) is 2. The minimum Gasteiger partial charge on any atom is -0.490 e. The van der Waals surface area contributed by atoms with Gasteiger partial charge in [-0.15, -0.1) is 6.58 Å². The number of nitrogens with zero attached hydrogens (tertiary/aromatic N) is 3. The molecule has 144 valence electrons. The van der Waals surface area contributed by atoms with Crippen LogP contribution in [-0.4, -0.2) is 32.3 Å². The average molecular weight is 414 g/mol. The summed E-state index contributed by atoms with van der Waals surface area (Å²) in [5.74, 6) is 1.10. The number of benzene rings is 1. The van der Waals surface area contributed by atoms with E-state index in [-0.39, 0.29) is 5.91 Å². The summed E-state index contributed by atoms with van der Waals surface area (Å²) in [5.41, 5.74) is 1.27. The highest BCUT2D eigenvalue weighted by atomic mass is 32.1. The zero-order chi connectivity index (χ0) is 20.1. The minimum atomic E-state index is -0.250. The number of hydrogen-bond acceptors (Lipinski definition) is 6. The van der Waals surface area contributed by atoms with Crippen LogP contribution in [0.3, 0.4) is 0 Å². The van der Waals surface area contributed by atoms with E-state index in [1.54, 1.807) is 36.4 Å². The number of allylic oxidation sites excluding steroid dienone is 1. The molecule has 0 atom stereocenters. The van der Waals surface area contributed by atoms with Gasteiger partial charge in [-0.05, 0) is 43.4 Å². The third kappa shape index (κ3) is 4.26. The molecular formula is C19H19N5O2S2. The van der Waals surface area contributed by atoms with Gasteiger partial charge in [0.25, 0.3) is 5.91 Å². The minimum absolute atomic E-state index is 0.250. The number of aromatic nitrogens is 4. The van der Waals surface area contributed by atoms with Gasteiger partial charge in [-0.25, -0.2) is 4.98 Å². The molecule has 0 saturated heterocycles. The predicted octanol–water partition coefficient (Wildman–Crippen LogP) is 4.38. The molecule has 0 aliphatic heterocycles. The third-order valence-electron chi connectivity index (χ3n) is 3.77. The molecule has 9 heteroatoms. The number of aromatic amines is 1. The Labute approximate surface area is 171 Å². The lowest BCUT2D eigenvalue weighted by Crippen LogP contribution is -2.11. The van der Waals surface area contributed by atoms with E-state index in [1.165, 1.54) is 11.3 Å². The fourth-order valence-corrected chi connectivity index (χ4v) is 3.64. The van der Waals surface area contributed by atoms with Crippen LogP contribution in [0.4, 0.5) is 5.13 Å². The maximum absolute atomic E-state index is 12.5. The molecule has 1 aromatic carbocycles. The van der Waals surface area contributed by atoms with Crippen LogP contribution in [0, 0.1) is 11.7 Å². The lowest BCUT2D eigenvalue weighted by Gasteiger charge is -2.05. The van der Waals surface area contributed by atoms with Gasteiger partial charge in [0.1, 0.15) is 12.4 Å². The van der Waals surface area contributed by atoms with Crippen LogP contribution in [0.25, 0.3) is 10.7 Å². The fraction of sp³-hybridized carbons (Fsp3) is 0.158. The highest BCUT2D eigenvalue weighted by Gasteiger charge is 2.17. The Morgan fingerprint density at radius 3 is 2.79 bits per heavy atom. The van der Waals surface area contributed by atoms with Gasteiger partial charge in [0.15, 0.2) is 15.7 Å². The highest BCUT2D eigenvalue weighted by Crippen LogP contribution is 2.32. The SMILES string of the molecule is C=CCOc1ccc(C(=O)Nc2nc(C)c(-c3n[nH]c(=S)n3CC=C)s2)cc1. The van der Waals surface area contributed by atoms with Crippen molar-refractivity contribution in [2.75, 3.05) is 11.9 Å².